The molecule has 4 rings (SSSR count). The molecule has 1 aliphatic heterocycles. The summed E-state index contributed by atoms with van der Waals surface area (Å²) in [5, 5.41) is 13.6. The van der Waals surface area contributed by atoms with Crippen LogP contribution in [0.1, 0.15) is 66.5 Å². The van der Waals surface area contributed by atoms with Crippen LogP contribution >= 0.6 is 0 Å². The number of hydrogen-bond donors (Lipinski definition) is 2. The van der Waals surface area contributed by atoms with Crippen LogP contribution < -0.4 is 4.31 Å². The van der Waals surface area contributed by atoms with Gasteiger partial charge in [0.15, 0.2) is 5.76 Å². The van der Waals surface area contributed by atoms with E-state index in [9.17, 15) is 27.1 Å². The Morgan fingerprint density at radius 3 is 2.39 bits per heavy atom. The van der Waals surface area contributed by atoms with Crippen molar-refractivity contribution in [2.75, 3.05) is 10.8 Å². The van der Waals surface area contributed by atoms with Gasteiger partial charge in [-0.1, -0.05) is 32.0 Å². The lowest BCUT2D eigenvalue weighted by Gasteiger charge is -2.34. The molecule has 192 valence electrons. The van der Waals surface area contributed by atoms with Crippen LogP contribution in [0, 0.1) is 11.6 Å². The molecule has 3 aromatic rings. The summed E-state index contributed by atoms with van der Waals surface area (Å²) in [5.74, 6) is -2.91. The quantitative estimate of drug-likeness (QED) is 0.454. The molecule has 1 N–H and O–H groups in total. The fraction of sp³-hybridized carbons (Fsp3) is 0.360. The Hall–Kier alpha value is -3.31. The predicted molar refractivity (Wildman–Crippen MR) is 130 cm³/mol. The van der Waals surface area contributed by atoms with Crippen LogP contribution in [0.4, 0.5) is 20.3 Å². The van der Waals surface area contributed by atoms with Crippen LogP contribution in [0.25, 0.3) is 0 Å². The first-order chi connectivity index (χ1) is 16.9. The van der Waals surface area contributed by atoms with Gasteiger partial charge in [0.2, 0.25) is 16.7 Å². The van der Waals surface area contributed by atoms with Gasteiger partial charge >= 0.3 is 5.97 Å². The SMILES string of the molecule is CC(c1cc(F)cc(F)c1)N1CCc2ccc(N(c3noc(C(C)(C)C)c3C(=O)O)[SH](=O)=O)cc2C1. The number of carboxylic acids is 1. The molecule has 2 heterocycles. The van der Waals surface area contributed by atoms with Crippen molar-refractivity contribution in [3.63, 3.8) is 0 Å². The van der Waals surface area contributed by atoms with Gasteiger partial charge in [0.25, 0.3) is 0 Å². The second-order valence-electron chi connectivity index (χ2n) is 9.87. The second-order valence-corrected chi connectivity index (χ2v) is 10.7. The highest BCUT2D eigenvalue weighted by molar-refractivity contribution is 7.74. The van der Waals surface area contributed by atoms with Crippen molar-refractivity contribution in [2.24, 2.45) is 0 Å². The maximum absolute atomic E-state index is 13.8. The number of rotatable bonds is 6. The number of nitrogens with zero attached hydrogens (tertiary/aromatic N) is 3. The van der Waals surface area contributed by atoms with Crippen molar-refractivity contribution in [3.8, 4) is 0 Å². The Bertz CT molecular complexity index is 1370. The highest BCUT2D eigenvalue weighted by Crippen LogP contribution is 2.37. The Labute approximate surface area is 209 Å². The number of carbonyl (C=O) groups is 1. The first-order valence-electron chi connectivity index (χ1n) is 11.4. The van der Waals surface area contributed by atoms with Gasteiger partial charge < -0.3 is 9.63 Å². The third-order valence-electron chi connectivity index (χ3n) is 6.32. The monoisotopic (exact) mass is 519 g/mol. The van der Waals surface area contributed by atoms with Gasteiger partial charge in [-0.15, -0.1) is 0 Å². The van der Waals surface area contributed by atoms with Gasteiger partial charge in [0.1, 0.15) is 17.2 Å². The van der Waals surface area contributed by atoms with E-state index in [1.165, 1.54) is 12.1 Å². The molecule has 0 saturated heterocycles. The Kier molecular flexibility index (Phi) is 6.89. The van der Waals surface area contributed by atoms with Crippen LogP contribution in [-0.4, -0.2) is 36.1 Å². The van der Waals surface area contributed by atoms with Crippen molar-refractivity contribution in [2.45, 2.75) is 52.1 Å². The van der Waals surface area contributed by atoms with E-state index in [0.717, 1.165) is 21.5 Å². The Balaban J connectivity index is 1.71. The van der Waals surface area contributed by atoms with Gasteiger partial charge in [-0.2, -0.15) is 0 Å². The standard InChI is InChI=1S/C25H27F2N3O5S/c1-14(16-9-18(26)12-19(27)10-16)29-8-7-15-5-6-20(11-17(15)13-29)30(36(33)34)23-21(24(31)32)22(35-28-23)25(2,3)4/h5-6,9-12,14,36H,7-8,13H2,1-4H3,(H,31,32). The molecule has 36 heavy (non-hydrogen) atoms. The van der Waals surface area contributed by atoms with Gasteiger partial charge in [-0.3, -0.25) is 4.90 Å². The number of carboxylic acid groups (broad SMARTS) is 1. The fourth-order valence-electron chi connectivity index (χ4n) is 4.48. The van der Waals surface area contributed by atoms with Crippen LogP contribution in [0.15, 0.2) is 40.9 Å². The summed E-state index contributed by atoms with van der Waals surface area (Å²) in [4.78, 5) is 14.1. The number of benzene rings is 2. The summed E-state index contributed by atoms with van der Waals surface area (Å²) >= 11 is 0. The summed E-state index contributed by atoms with van der Waals surface area (Å²) in [7, 11) is -3.31. The van der Waals surface area contributed by atoms with Crippen LogP contribution in [0.3, 0.4) is 0 Å². The number of aromatic carboxylic acids is 1. The summed E-state index contributed by atoms with van der Waals surface area (Å²) < 4.78 is 58.3. The number of anilines is 2. The van der Waals surface area contributed by atoms with E-state index in [2.05, 4.69) is 5.16 Å². The average molecular weight is 520 g/mol. The lowest BCUT2D eigenvalue weighted by molar-refractivity contribution is 0.0693. The lowest BCUT2D eigenvalue weighted by atomic mass is 9.90. The molecule has 0 radical (unpaired) electrons. The molecule has 11 heteroatoms. The highest BCUT2D eigenvalue weighted by atomic mass is 32.2. The van der Waals surface area contributed by atoms with Crippen molar-refractivity contribution >= 4 is 28.4 Å². The zero-order chi connectivity index (χ0) is 26.4. The molecule has 1 aromatic heterocycles. The van der Waals surface area contributed by atoms with Gasteiger partial charge in [-0.25, -0.2) is 26.3 Å². The molecule has 0 amide bonds. The molecule has 1 unspecified atom stereocenters. The number of fused-ring (bicyclic) bond motifs is 1. The Morgan fingerprint density at radius 2 is 1.81 bits per heavy atom. The van der Waals surface area contributed by atoms with E-state index in [1.54, 1.807) is 39.0 Å². The molecule has 0 aliphatic carbocycles. The van der Waals surface area contributed by atoms with E-state index in [1.807, 2.05) is 11.8 Å². The smallest absolute Gasteiger partial charge is 0.343 e. The number of aromatic nitrogens is 1. The third kappa shape index (κ3) is 4.98. The van der Waals surface area contributed by atoms with E-state index >= 15 is 0 Å². The van der Waals surface area contributed by atoms with Crippen molar-refractivity contribution in [1.82, 2.24) is 10.1 Å². The maximum atomic E-state index is 13.8. The number of thiol groups is 1. The molecule has 2 aromatic carbocycles. The minimum atomic E-state index is -3.31. The van der Waals surface area contributed by atoms with Crippen molar-refractivity contribution in [1.29, 1.82) is 0 Å². The molecule has 0 saturated carbocycles. The van der Waals surface area contributed by atoms with E-state index < -0.39 is 33.9 Å². The predicted octanol–water partition coefficient (Wildman–Crippen LogP) is 4.73. The number of hydrogen-bond acceptors (Lipinski definition) is 6. The number of halogens is 2. The van der Waals surface area contributed by atoms with E-state index in [4.69, 9.17) is 4.52 Å². The molecule has 1 atom stereocenters. The first-order valence-corrected chi connectivity index (χ1v) is 12.5. The molecular formula is C25H27F2N3O5S. The summed E-state index contributed by atoms with van der Waals surface area (Å²) in [5.41, 5.74) is 1.50. The average Bonchev–Trinajstić information content (AvgIpc) is 3.23. The van der Waals surface area contributed by atoms with E-state index in [-0.39, 0.29) is 28.9 Å². The van der Waals surface area contributed by atoms with Crippen molar-refractivity contribution < 1.29 is 31.6 Å². The molecule has 0 fully saturated rings. The van der Waals surface area contributed by atoms with Crippen LogP contribution in [0.2, 0.25) is 0 Å². The molecule has 8 nitrogen and oxygen atoms in total. The van der Waals surface area contributed by atoms with Crippen molar-refractivity contribution in [3.05, 3.63) is 76.0 Å². The normalized spacial score (nSPS) is 15.1. The largest absolute Gasteiger partial charge is 0.477 e. The van der Waals surface area contributed by atoms with Gasteiger partial charge in [0, 0.05) is 30.6 Å². The van der Waals surface area contributed by atoms with E-state index in [0.29, 0.717) is 25.1 Å². The molecule has 1 aliphatic rings. The topological polar surface area (TPSA) is 104 Å². The minimum Gasteiger partial charge on any atom is -0.477 e. The highest BCUT2D eigenvalue weighted by Gasteiger charge is 2.35. The van der Waals surface area contributed by atoms with Crippen LogP contribution in [0.5, 0.6) is 0 Å². The fourth-order valence-corrected chi connectivity index (χ4v) is 5.08. The summed E-state index contributed by atoms with van der Waals surface area (Å²) in [6, 6.07) is 8.20. The third-order valence-corrected chi connectivity index (χ3v) is 7.07. The van der Waals surface area contributed by atoms with Gasteiger partial charge in [0.05, 0.1) is 5.69 Å². The molecule has 0 bridgehead atoms. The van der Waals surface area contributed by atoms with Gasteiger partial charge in [-0.05, 0) is 54.3 Å². The van der Waals surface area contributed by atoms with Crippen LogP contribution in [-0.2, 0) is 29.3 Å². The maximum Gasteiger partial charge on any atom is 0.343 e. The molecule has 0 spiro atoms. The second kappa shape index (κ2) is 9.62. The Morgan fingerprint density at radius 1 is 1.14 bits per heavy atom. The summed E-state index contributed by atoms with van der Waals surface area (Å²) in [6.45, 7) is 8.13. The zero-order valence-corrected chi connectivity index (χ0v) is 21.2. The lowest BCUT2D eigenvalue weighted by Crippen LogP contribution is -2.33. The minimum absolute atomic E-state index is 0.0622. The summed E-state index contributed by atoms with van der Waals surface area (Å²) in [6.07, 6.45) is 0.653. The zero-order valence-electron chi connectivity index (χ0n) is 20.3. The first kappa shape index (κ1) is 25.8. The molecular weight excluding hydrogens is 492 g/mol.